The number of hydrogen-bond donors (Lipinski definition) is 1. The summed E-state index contributed by atoms with van der Waals surface area (Å²) in [7, 11) is 0. The van der Waals surface area contributed by atoms with Crippen molar-refractivity contribution in [1.82, 2.24) is 15.1 Å². The highest BCUT2D eigenvalue weighted by Crippen LogP contribution is 2.29. The van der Waals surface area contributed by atoms with Crippen LogP contribution >= 0.6 is 12.2 Å². The molecular weight excluding hydrogens is 326 g/mol. The Morgan fingerprint density at radius 2 is 2.04 bits per heavy atom. The van der Waals surface area contributed by atoms with Crippen molar-refractivity contribution in [3.8, 4) is 11.5 Å². The lowest BCUT2D eigenvalue weighted by Crippen LogP contribution is -2.54. The number of amides is 1. The maximum atomic E-state index is 12.9. The molecule has 1 aliphatic heterocycles. The number of H-pyrrole nitrogens is 1. The van der Waals surface area contributed by atoms with Gasteiger partial charge in [0.05, 0.1) is 18.8 Å². The Kier molecular flexibility index (Phi) is 4.20. The molecule has 2 fully saturated rings. The first kappa shape index (κ1) is 15.5. The van der Waals surface area contributed by atoms with Gasteiger partial charge in [-0.05, 0) is 49.3 Å². The highest BCUT2D eigenvalue weighted by Gasteiger charge is 2.36. The number of fused-ring (bicyclic) bond motifs is 1. The Morgan fingerprint density at radius 3 is 2.79 bits per heavy atom. The van der Waals surface area contributed by atoms with Crippen LogP contribution in [0.15, 0.2) is 28.7 Å². The van der Waals surface area contributed by atoms with E-state index in [-0.39, 0.29) is 22.9 Å². The van der Waals surface area contributed by atoms with Crippen molar-refractivity contribution in [2.45, 2.75) is 37.8 Å². The average Bonchev–Trinajstić information content (AvgIpc) is 3.07. The molecule has 1 aromatic carbocycles. The maximum Gasteiger partial charge on any atom is 0.284 e. The Labute approximate surface area is 144 Å². The minimum atomic E-state index is 0.0738. The van der Waals surface area contributed by atoms with Crippen LogP contribution in [0.1, 0.15) is 36.0 Å². The lowest BCUT2D eigenvalue weighted by molar-refractivity contribution is -0.0752. The first-order chi connectivity index (χ1) is 11.7. The van der Waals surface area contributed by atoms with Crippen LogP contribution in [0.4, 0.5) is 0 Å². The van der Waals surface area contributed by atoms with Crippen LogP contribution in [0.5, 0.6) is 0 Å². The van der Waals surface area contributed by atoms with E-state index in [9.17, 15) is 4.79 Å². The smallest absolute Gasteiger partial charge is 0.284 e. The predicted molar refractivity (Wildman–Crippen MR) is 90.2 cm³/mol. The molecule has 2 heterocycles. The van der Waals surface area contributed by atoms with Crippen molar-refractivity contribution in [1.29, 1.82) is 0 Å². The monoisotopic (exact) mass is 345 g/mol. The molecule has 2 atom stereocenters. The number of rotatable bonds is 2. The Hall–Kier alpha value is -1.99. The summed E-state index contributed by atoms with van der Waals surface area (Å²) in [5.74, 6) is 0.502. The summed E-state index contributed by atoms with van der Waals surface area (Å²) < 4.78 is 11.1. The lowest BCUT2D eigenvalue weighted by atomic mass is 9.89. The molecule has 0 unspecified atom stereocenters. The molecule has 0 radical (unpaired) electrons. The summed E-state index contributed by atoms with van der Waals surface area (Å²) in [5.41, 5.74) is 1.47. The van der Waals surface area contributed by atoms with Crippen LogP contribution in [0.2, 0.25) is 0 Å². The predicted octanol–water partition coefficient (Wildman–Crippen LogP) is 3.18. The van der Waals surface area contributed by atoms with Crippen LogP contribution in [0.3, 0.4) is 0 Å². The molecule has 1 saturated heterocycles. The number of hydrogen-bond acceptors (Lipinski definition) is 5. The second-order valence-electron chi connectivity index (χ2n) is 6.26. The van der Waals surface area contributed by atoms with Crippen molar-refractivity contribution in [2.75, 3.05) is 13.2 Å². The molecule has 126 valence electrons. The molecule has 0 spiro atoms. The molecule has 4 rings (SSSR count). The summed E-state index contributed by atoms with van der Waals surface area (Å²) in [5, 5.41) is 6.59. The first-order valence-electron chi connectivity index (χ1n) is 8.31. The van der Waals surface area contributed by atoms with Crippen molar-refractivity contribution >= 4 is 18.1 Å². The maximum absolute atomic E-state index is 12.9. The van der Waals surface area contributed by atoms with Crippen LogP contribution in [-0.4, -0.2) is 46.3 Å². The Balaban J connectivity index is 1.54. The molecule has 24 heavy (non-hydrogen) atoms. The van der Waals surface area contributed by atoms with Gasteiger partial charge in [0.25, 0.3) is 10.7 Å². The summed E-state index contributed by atoms with van der Waals surface area (Å²) in [6, 6.07) is 7.51. The van der Waals surface area contributed by atoms with E-state index in [1.165, 1.54) is 6.42 Å². The quantitative estimate of drug-likeness (QED) is 0.847. The van der Waals surface area contributed by atoms with E-state index in [0.717, 1.165) is 24.8 Å². The number of nitrogens with zero attached hydrogens (tertiary/aromatic N) is 2. The van der Waals surface area contributed by atoms with E-state index in [1.807, 2.05) is 29.2 Å². The van der Waals surface area contributed by atoms with Gasteiger partial charge in [0.2, 0.25) is 5.89 Å². The fourth-order valence-electron chi connectivity index (χ4n) is 3.62. The average molecular weight is 345 g/mol. The van der Waals surface area contributed by atoms with Gasteiger partial charge in [-0.3, -0.25) is 4.79 Å². The van der Waals surface area contributed by atoms with Crippen LogP contribution in [0.25, 0.3) is 11.5 Å². The van der Waals surface area contributed by atoms with Gasteiger partial charge in [0, 0.05) is 17.7 Å². The van der Waals surface area contributed by atoms with Crippen LogP contribution in [-0.2, 0) is 4.74 Å². The second kappa shape index (κ2) is 6.49. The number of aromatic nitrogens is 2. The normalized spacial score (nSPS) is 23.8. The van der Waals surface area contributed by atoms with E-state index < -0.39 is 0 Å². The summed E-state index contributed by atoms with van der Waals surface area (Å²) >= 11 is 4.88. The molecule has 1 aromatic heterocycles. The number of benzene rings is 1. The van der Waals surface area contributed by atoms with Crippen LogP contribution in [0, 0.1) is 4.84 Å². The molecule has 1 N–H and O–H groups in total. The molecule has 1 amide bonds. The SMILES string of the molecule is O=C(c1ccc(-c2n[nH]c(=S)o2)cc1)N1CCO[C@@H]2CCCC[C@H]21. The summed E-state index contributed by atoms with van der Waals surface area (Å²) in [6.07, 6.45) is 4.64. The fraction of sp³-hybridized carbons (Fsp3) is 0.471. The molecule has 1 saturated carbocycles. The van der Waals surface area contributed by atoms with E-state index in [4.69, 9.17) is 21.4 Å². The molecule has 7 heteroatoms. The fourth-order valence-corrected chi connectivity index (χ4v) is 3.75. The van der Waals surface area contributed by atoms with Gasteiger partial charge in [-0.1, -0.05) is 12.8 Å². The highest BCUT2D eigenvalue weighted by molar-refractivity contribution is 7.71. The second-order valence-corrected chi connectivity index (χ2v) is 6.63. The number of carbonyl (C=O) groups excluding carboxylic acids is 1. The zero-order valence-electron chi connectivity index (χ0n) is 13.2. The van der Waals surface area contributed by atoms with Gasteiger partial charge in [-0.15, -0.1) is 5.10 Å². The van der Waals surface area contributed by atoms with Gasteiger partial charge >= 0.3 is 0 Å². The highest BCUT2D eigenvalue weighted by atomic mass is 32.1. The molecule has 0 bridgehead atoms. The van der Waals surface area contributed by atoms with Gasteiger partial charge in [0.1, 0.15) is 0 Å². The Bertz CT molecular complexity index is 781. The van der Waals surface area contributed by atoms with Gasteiger partial charge in [0.15, 0.2) is 0 Å². The molecule has 2 aliphatic rings. The first-order valence-corrected chi connectivity index (χ1v) is 8.72. The lowest BCUT2D eigenvalue weighted by Gasteiger charge is -2.43. The molecular formula is C17H19N3O3S. The number of morpholine rings is 1. The minimum absolute atomic E-state index is 0.0738. The molecule has 6 nitrogen and oxygen atoms in total. The van der Waals surface area contributed by atoms with Gasteiger partial charge < -0.3 is 14.1 Å². The topological polar surface area (TPSA) is 71.4 Å². The van der Waals surface area contributed by atoms with Crippen molar-refractivity contribution < 1.29 is 13.9 Å². The van der Waals surface area contributed by atoms with Crippen molar-refractivity contribution in [2.24, 2.45) is 0 Å². The summed E-state index contributed by atoms with van der Waals surface area (Å²) in [6.45, 7) is 1.29. The zero-order chi connectivity index (χ0) is 16.5. The van der Waals surface area contributed by atoms with Gasteiger partial charge in [-0.2, -0.15) is 0 Å². The van der Waals surface area contributed by atoms with E-state index in [2.05, 4.69) is 10.2 Å². The van der Waals surface area contributed by atoms with E-state index >= 15 is 0 Å². The number of ether oxygens (including phenoxy) is 1. The van der Waals surface area contributed by atoms with E-state index in [0.29, 0.717) is 24.6 Å². The van der Waals surface area contributed by atoms with Gasteiger partial charge in [-0.25, -0.2) is 5.10 Å². The number of nitrogens with one attached hydrogen (secondary N) is 1. The largest absolute Gasteiger partial charge is 0.409 e. The third-order valence-corrected chi connectivity index (χ3v) is 4.98. The standard InChI is InChI=1S/C17H19N3O3S/c21-16(20-9-10-22-14-4-2-1-3-13(14)20)12-7-5-11(6-8-12)15-18-19-17(24)23-15/h5-8,13-14H,1-4,9-10H2,(H,19,24)/t13-,14-/m1/s1. The zero-order valence-corrected chi connectivity index (χ0v) is 14.1. The third kappa shape index (κ3) is 2.89. The van der Waals surface area contributed by atoms with Crippen molar-refractivity contribution in [3.05, 3.63) is 34.7 Å². The van der Waals surface area contributed by atoms with E-state index in [1.54, 1.807) is 0 Å². The minimum Gasteiger partial charge on any atom is -0.409 e. The molecule has 2 aromatic rings. The number of carbonyl (C=O) groups is 1. The Morgan fingerprint density at radius 1 is 1.25 bits per heavy atom. The summed E-state index contributed by atoms with van der Waals surface area (Å²) in [4.78, 5) is 15.1. The van der Waals surface area contributed by atoms with Crippen molar-refractivity contribution in [3.63, 3.8) is 0 Å². The third-order valence-electron chi connectivity index (χ3n) is 4.81. The van der Waals surface area contributed by atoms with Crippen LogP contribution < -0.4 is 0 Å². The molecule has 1 aliphatic carbocycles. The number of aromatic amines is 1.